The van der Waals surface area contributed by atoms with Crippen molar-refractivity contribution in [2.45, 2.75) is 6.42 Å². The average molecular weight is 286 g/mol. The smallest absolute Gasteiger partial charge is 0.144 e. The molecule has 2 N–H and O–H groups in total. The van der Waals surface area contributed by atoms with Gasteiger partial charge in [-0.15, -0.1) is 0 Å². The summed E-state index contributed by atoms with van der Waals surface area (Å²) >= 11 is 0. The van der Waals surface area contributed by atoms with E-state index in [1.807, 2.05) is 12.1 Å². The molecule has 0 atom stereocenters. The van der Waals surface area contributed by atoms with Crippen molar-refractivity contribution in [3.8, 4) is 17.6 Å². The fourth-order valence-electron chi connectivity index (χ4n) is 1.72. The van der Waals surface area contributed by atoms with Gasteiger partial charge >= 0.3 is 0 Å². The highest BCUT2D eigenvalue weighted by atomic mass is 19.1. The summed E-state index contributed by atoms with van der Waals surface area (Å²) < 4.78 is 24.3. The molecule has 0 aromatic heterocycles. The monoisotopic (exact) mass is 286 g/mol. The molecule has 2 aromatic carbocycles. The predicted molar refractivity (Wildman–Crippen MR) is 77.6 cm³/mol. The van der Waals surface area contributed by atoms with Crippen molar-refractivity contribution in [3.63, 3.8) is 0 Å². The summed E-state index contributed by atoms with van der Waals surface area (Å²) in [7, 11) is 0. The molecule has 0 radical (unpaired) electrons. The number of anilines is 1. The lowest BCUT2D eigenvalue weighted by molar-refractivity contribution is 0.247. The Morgan fingerprint density at radius 2 is 1.86 bits per heavy atom. The number of hydrogen-bond donors (Lipinski definition) is 1. The molecule has 0 fully saturated rings. The van der Waals surface area contributed by atoms with Gasteiger partial charge in [-0.05, 0) is 24.3 Å². The fraction of sp³-hybridized carbons (Fsp3) is 0.188. The quantitative estimate of drug-likeness (QED) is 0.654. The van der Waals surface area contributed by atoms with E-state index in [2.05, 4.69) is 0 Å². The Kier molecular flexibility index (Phi) is 4.99. The summed E-state index contributed by atoms with van der Waals surface area (Å²) in [6.07, 6.45) is 0.635. The number of nitrogens with zero attached hydrogens (tertiary/aromatic N) is 1. The first-order valence-electron chi connectivity index (χ1n) is 6.50. The van der Waals surface area contributed by atoms with Crippen molar-refractivity contribution in [2.24, 2.45) is 0 Å². The number of hydrogen-bond acceptors (Lipinski definition) is 4. The molecule has 4 nitrogen and oxygen atoms in total. The molecule has 0 aliphatic rings. The van der Waals surface area contributed by atoms with E-state index < -0.39 is 5.82 Å². The second-order valence-electron chi connectivity index (χ2n) is 4.34. The van der Waals surface area contributed by atoms with Crippen molar-refractivity contribution in [3.05, 3.63) is 53.8 Å². The van der Waals surface area contributed by atoms with Crippen molar-refractivity contribution >= 4 is 5.69 Å². The van der Waals surface area contributed by atoms with Gasteiger partial charge in [0.1, 0.15) is 23.4 Å². The van der Waals surface area contributed by atoms with Crippen LogP contribution in [-0.4, -0.2) is 13.2 Å². The minimum absolute atomic E-state index is 0.00485. The van der Waals surface area contributed by atoms with Crippen LogP contribution in [0, 0.1) is 17.1 Å². The van der Waals surface area contributed by atoms with Crippen LogP contribution in [0.25, 0.3) is 0 Å². The Morgan fingerprint density at radius 3 is 2.57 bits per heavy atom. The predicted octanol–water partition coefficient (Wildman–Crippen LogP) is 3.13. The maximum atomic E-state index is 13.4. The van der Waals surface area contributed by atoms with Gasteiger partial charge in [-0.2, -0.15) is 5.26 Å². The molecular formula is C16H15FN2O2. The maximum Gasteiger partial charge on any atom is 0.144 e. The molecule has 0 spiro atoms. The van der Waals surface area contributed by atoms with Gasteiger partial charge in [0.15, 0.2) is 0 Å². The van der Waals surface area contributed by atoms with Gasteiger partial charge in [0.2, 0.25) is 0 Å². The number of ether oxygens (including phenoxy) is 2. The van der Waals surface area contributed by atoms with Crippen LogP contribution in [0.1, 0.15) is 12.0 Å². The highest BCUT2D eigenvalue weighted by molar-refractivity contribution is 5.51. The molecule has 5 heteroatoms. The Balaban J connectivity index is 1.74. The zero-order chi connectivity index (χ0) is 15.1. The Hall–Kier alpha value is -2.74. The average Bonchev–Trinajstić information content (AvgIpc) is 2.49. The first-order valence-corrected chi connectivity index (χ1v) is 6.50. The summed E-state index contributed by atoms with van der Waals surface area (Å²) in [4.78, 5) is 0. The second kappa shape index (κ2) is 7.15. The summed E-state index contributed by atoms with van der Waals surface area (Å²) in [6.45, 7) is 0.838. The van der Waals surface area contributed by atoms with Crippen LogP contribution >= 0.6 is 0 Å². The molecule has 2 rings (SSSR count). The SMILES string of the molecule is N#Cc1ccc(OCCCOc2ccccc2N)cc1F. The van der Waals surface area contributed by atoms with Crippen molar-refractivity contribution < 1.29 is 13.9 Å². The third-order valence-electron chi connectivity index (χ3n) is 2.79. The zero-order valence-electron chi connectivity index (χ0n) is 11.4. The molecule has 0 saturated carbocycles. The van der Waals surface area contributed by atoms with E-state index in [0.29, 0.717) is 36.8 Å². The maximum absolute atomic E-state index is 13.4. The van der Waals surface area contributed by atoms with Gasteiger partial charge in [0.25, 0.3) is 0 Å². The topological polar surface area (TPSA) is 68.3 Å². The Labute approximate surface area is 122 Å². The van der Waals surface area contributed by atoms with E-state index in [1.54, 1.807) is 24.3 Å². The summed E-state index contributed by atoms with van der Waals surface area (Å²) in [5.74, 6) is 0.455. The van der Waals surface area contributed by atoms with Gasteiger partial charge in [-0.3, -0.25) is 0 Å². The van der Waals surface area contributed by atoms with Gasteiger partial charge in [-0.1, -0.05) is 12.1 Å². The molecule has 0 amide bonds. The molecule has 0 saturated heterocycles. The Bertz CT molecular complexity index is 653. The van der Waals surface area contributed by atoms with Crippen LogP contribution in [0.4, 0.5) is 10.1 Å². The summed E-state index contributed by atoms with van der Waals surface area (Å²) in [5, 5.41) is 8.63. The number of halogens is 1. The first kappa shape index (κ1) is 14.7. The van der Waals surface area contributed by atoms with E-state index in [1.165, 1.54) is 12.1 Å². The van der Waals surface area contributed by atoms with Gasteiger partial charge in [0.05, 0.1) is 24.5 Å². The standard InChI is InChI=1S/C16H15FN2O2/c17-14-10-13(7-6-12(14)11-18)20-8-3-9-21-16-5-2-1-4-15(16)19/h1-2,4-7,10H,3,8-9,19H2. The molecule has 21 heavy (non-hydrogen) atoms. The molecule has 0 bridgehead atoms. The van der Waals surface area contributed by atoms with Crippen LogP contribution in [0.5, 0.6) is 11.5 Å². The molecule has 0 aliphatic carbocycles. The number of rotatable bonds is 6. The third kappa shape index (κ3) is 4.11. The van der Waals surface area contributed by atoms with E-state index >= 15 is 0 Å². The van der Waals surface area contributed by atoms with Gasteiger partial charge in [0, 0.05) is 12.5 Å². The lowest BCUT2D eigenvalue weighted by Gasteiger charge is -2.09. The fourth-order valence-corrected chi connectivity index (χ4v) is 1.72. The lowest BCUT2D eigenvalue weighted by Crippen LogP contribution is -2.06. The van der Waals surface area contributed by atoms with E-state index in [4.69, 9.17) is 20.5 Å². The van der Waals surface area contributed by atoms with Crippen LogP contribution in [0.3, 0.4) is 0 Å². The van der Waals surface area contributed by atoms with Crippen molar-refractivity contribution in [2.75, 3.05) is 18.9 Å². The lowest BCUT2D eigenvalue weighted by atomic mass is 10.2. The normalized spacial score (nSPS) is 9.90. The zero-order valence-corrected chi connectivity index (χ0v) is 11.4. The molecule has 108 valence electrons. The molecule has 2 aromatic rings. The van der Waals surface area contributed by atoms with E-state index in [9.17, 15) is 4.39 Å². The molecule has 0 aliphatic heterocycles. The van der Waals surface area contributed by atoms with E-state index in [-0.39, 0.29) is 5.56 Å². The highest BCUT2D eigenvalue weighted by Gasteiger charge is 2.03. The van der Waals surface area contributed by atoms with Crippen molar-refractivity contribution in [1.29, 1.82) is 5.26 Å². The number of nitrogens with two attached hydrogens (primary N) is 1. The summed E-state index contributed by atoms with van der Waals surface area (Å²) in [6, 6.07) is 13.2. The summed E-state index contributed by atoms with van der Waals surface area (Å²) in [5.41, 5.74) is 6.34. The largest absolute Gasteiger partial charge is 0.493 e. The Morgan fingerprint density at radius 1 is 1.10 bits per heavy atom. The van der Waals surface area contributed by atoms with Crippen LogP contribution in [0.2, 0.25) is 0 Å². The van der Waals surface area contributed by atoms with Crippen LogP contribution in [0.15, 0.2) is 42.5 Å². The number of nitriles is 1. The number of benzene rings is 2. The minimum atomic E-state index is -0.580. The van der Waals surface area contributed by atoms with E-state index in [0.717, 1.165) is 0 Å². The van der Waals surface area contributed by atoms with Gasteiger partial charge in [-0.25, -0.2) is 4.39 Å². The first-order chi connectivity index (χ1) is 10.2. The molecular weight excluding hydrogens is 271 g/mol. The van der Waals surface area contributed by atoms with Crippen molar-refractivity contribution in [1.82, 2.24) is 0 Å². The number of para-hydroxylation sites is 2. The second-order valence-corrected chi connectivity index (χ2v) is 4.34. The van der Waals surface area contributed by atoms with Gasteiger partial charge < -0.3 is 15.2 Å². The number of nitrogen functional groups attached to an aromatic ring is 1. The van der Waals surface area contributed by atoms with Crippen LogP contribution in [-0.2, 0) is 0 Å². The van der Waals surface area contributed by atoms with Crippen LogP contribution < -0.4 is 15.2 Å². The highest BCUT2D eigenvalue weighted by Crippen LogP contribution is 2.20. The molecule has 0 unspecified atom stereocenters. The third-order valence-corrected chi connectivity index (χ3v) is 2.79. The molecule has 0 heterocycles. The minimum Gasteiger partial charge on any atom is -0.493 e.